The molecule has 0 radical (unpaired) electrons. The van der Waals surface area contributed by atoms with Gasteiger partial charge in [-0.05, 0) is 24.1 Å². The number of aliphatic carboxylic acids is 1. The van der Waals surface area contributed by atoms with Gasteiger partial charge in [-0.25, -0.2) is 14.0 Å². The summed E-state index contributed by atoms with van der Waals surface area (Å²) in [5.74, 6) is -1.67. The summed E-state index contributed by atoms with van der Waals surface area (Å²) in [5, 5.41) is 20.0. The first kappa shape index (κ1) is 14.3. The molecule has 0 saturated carbocycles. The molecule has 0 unspecified atom stereocenters. The van der Waals surface area contributed by atoms with Crippen LogP contribution in [0.2, 0.25) is 0 Å². The molecular weight excluding hydrogens is 267 g/mol. The van der Waals surface area contributed by atoms with E-state index in [1.54, 1.807) is 6.07 Å². The number of aliphatic hydroxyl groups is 1. The Morgan fingerprint density at radius 3 is 2.85 bits per heavy atom. The molecule has 1 atom stereocenters. The summed E-state index contributed by atoms with van der Waals surface area (Å²) in [5.41, 5.74) is 1.30. The summed E-state index contributed by atoms with van der Waals surface area (Å²) in [6, 6.07) is 2.43. The number of hydrogen-bond donors (Lipinski definition) is 3. The molecule has 3 N–H and O–H groups in total. The van der Waals surface area contributed by atoms with Gasteiger partial charge in [0.1, 0.15) is 11.9 Å². The molecule has 20 heavy (non-hydrogen) atoms. The summed E-state index contributed by atoms with van der Waals surface area (Å²) >= 11 is 0. The second-order valence-electron chi connectivity index (χ2n) is 4.53. The zero-order chi connectivity index (χ0) is 14.7. The lowest BCUT2D eigenvalue weighted by atomic mass is 10.2. The number of fused-ring (bicyclic) bond motifs is 1. The van der Waals surface area contributed by atoms with E-state index < -0.39 is 23.9 Å². The molecule has 0 bridgehead atoms. The van der Waals surface area contributed by atoms with Crippen molar-refractivity contribution in [3.05, 3.63) is 29.6 Å². The quantitative estimate of drug-likeness (QED) is 0.759. The topological polar surface area (TPSA) is 89.9 Å². The van der Waals surface area contributed by atoms with Crippen molar-refractivity contribution in [1.82, 2.24) is 5.32 Å². The average Bonchev–Trinajstić information content (AvgIpc) is 2.80. The Bertz CT molecular complexity index is 535. The highest BCUT2D eigenvalue weighted by Crippen LogP contribution is 2.28. The maximum atomic E-state index is 13.2. The van der Waals surface area contributed by atoms with Crippen LogP contribution in [0.4, 0.5) is 14.9 Å². The highest BCUT2D eigenvalue weighted by Gasteiger charge is 2.28. The number of carboxylic acids is 1. The third-order valence-corrected chi connectivity index (χ3v) is 3.20. The van der Waals surface area contributed by atoms with Gasteiger partial charge in [0.15, 0.2) is 0 Å². The minimum absolute atomic E-state index is 0.0785. The zero-order valence-corrected chi connectivity index (χ0v) is 10.7. The monoisotopic (exact) mass is 282 g/mol. The fourth-order valence-electron chi connectivity index (χ4n) is 2.18. The molecule has 1 aliphatic heterocycles. The van der Waals surface area contributed by atoms with Gasteiger partial charge in [0, 0.05) is 19.6 Å². The van der Waals surface area contributed by atoms with Crippen molar-refractivity contribution >= 4 is 17.7 Å². The molecule has 1 aliphatic rings. The van der Waals surface area contributed by atoms with E-state index in [9.17, 15) is 14.0 Å². The van der Waals surface area contributed by atoms with E-state index in [4.69, 9.17) is 10.2 Å². The lowest BCUT2D eigenvalue weighted by molar-refractivity contribution is -0.139. The Labute approximate surface area is 114 Å². The Kier molecular flexibility index (Phi) is 4.19. The molecule has 6 nitrogen and oxygen atoms in total. The van der Waals surface area contributed by atoms with Crippen LogP contribution in [0, 0.1) is 5.82 Å². The predicted molar refractivity (Wildman–Crippen MR) is 69.1 cm³/mol. The molecule has 0 saturated heterocycles. The summed E-state index contributed by atoms with van der Waals surface area (Å²) in [7, 11) is 0. The second kappa shape index (κ2) is 5.87. The van der Waals surface area contributed by atoms with Gasteiger partial charge in [0.2, 0.25) is 0 Å². The number of carbonyl (C=O) groups excluding carboxylic acids is 1. The van der Waals surface area contributed by atoms with Crippen LogP contribution in [-0.2, 0) is 11.2 Å². The molecular formula is C13H15FN2O4. The lowest BCUT2D eigenvalue weighted by Gasteiger charge is -2.21. The predicted octanol–water partition coefficient (Wildman–Crippen LogP) is 0.733. The number of carboxylic acid groups (broad SMARTS) is 1. The number of anilines is 1. The summed E-state index contributed by atoms with van der Waals surface area (Å²) in [6.45, 7) is 0.0263. The third-order valence-electron chi connectivity index (χ3n) is 3.20. The summed E-state index contributed by atoms with van der Waals surface area (Å²) in [4.78, 5) is 24.3. The maximum Gasteiger partial charge on any atom is 0.326 e. The Morgan fingerprint density at radius 2 is 2.20 bits per heavy atom. The lowest BCUT2D eigenvalue weighted by Crippen LogP contribution is -2.48. The smallest absolute Gasteiger partial charge is 0.326 e. The van der Waals surface area contributed by atoms with E-state index in [-0.39, 0.29) is 13.0 Å². The molecule has 0 fully saturated rings. The first-order valence-corrected chi connectivity index (χ1v) is 6.23. The molecule has 1 heterocycles. The molecule has 1 aromatic rings. The Hall–Kier alpha value is -2.15. The number of urea groups is 1. The summed E-state index contributed by atoms with van der Waals surface area (Å²) < 4.78 is 13.2. The highest BCUT2D eigenvalue weighted by atomic mass is 19.1. The van der Waals surface area contributed by atoms with Crippen molar-refractivity contribution in [2.45, 2.75) is 18.9 Å². The number of nitrogens with zero attached hydrogens (tertiary/aromatic N) is 1. The van der Waals surface area contributed by atoms with Crippen molar-refractivity contribution in [1.29, 1.82) is 0 Å². The molecule has 2 amide bonds. The van der Waals surface area contributed by atoms with Crippen LogP contribution in [0.15, 0.2) is 18.2 Å². The van der Waals surface area contributed by atoms with E-state index in [2.05, 4.69) is 5.32 Å². The van der Waals surface area contributed by atoms with E-state index in [0.717, 1.165) is 5.56 Å². The highest BCUT2D eigenvalue weighted by molar-refractivity contribution is 5.96. The van der Waals surface area contributed by atoms with Crippen LogP contribution >= 0.6 is 0 Å². The normalized spacial score (nSPS) is 14.8. The number of aliphatic hydroxyl groups excluding tert-OH is 1. The van der Waals surface area contributed by atoms with Gasteiger partial charge in [0.05, 0.1) is 5.69 Å². The molecule has 0 aliphatic carbocycles. The third kappa shape index (κ3) is 2.88. The van der Waals surface area contributed by atoms with Crippen molar-refractivity contribution in [3.8, 4) is 0 Å². The number of amides is 2. The number of halogens is 1. The van der Waals surface area contributed by atoms with Gasteiger partial charge in [-0.2, -0.15) is 0 Å². The van der Waals surface area contributed by atoms with Gasteiger partial charge < -0.3 is 15.5 Å². The van der Waals surface area contributed by atoms with Crippen LogP contribution in [0.25, 0.3) is 0 Å². The molecule has 108 valence electrons. The number of nitrogens with one attached hydrogen (secondary N) is 1. The van der Waals surface area contributed by atoms with Gasteiger partial charge in [0.25, 0.3) is 0 Å². The fourth-order valence-corrected chi connectivity index (χ4v) is 2.18. The van der Waals surface area contributed by atoms with Crippen molar-refractivity contribution in [2.24, 2.45) is 0 Å². The molecule has 2 rings (SSSR count). The number of hydrogen-bond acceptors (Lipinski definition) is 3. The standard InChI is InChI=1S/C13H15FN2O4/c14-9-2-1-8-3-5-16(11(8)7-9)13(20)15-10(4-6-17)12(18)19/h1-2,7,10,17H,3-6H2,(H,15,20)(H,18,19)/t10-/m0/s1. The van der Waals surface area contributed by atoms with Crippen LogP contribution in [-0.4, -0.2) is 41.4 Å². The molecule has 0 aromatic heterocycles. The first-order valence-electron chi connectivity index (χ1n) is 6.23. The molecule has 1 aromatic carbocycles. The van der Waals surface area contributed by atoms with Crippen molar-refractivity contribution in [2.75, 3.05) is 18.1 Å². The first-order chi connectivity index (χ1) is 9.52. The van der Waals surface area contributed by atoms with E-state index in [0.29, 0.717) is 18.7 Å². The van der Waals surface area contributed by atoms with E-state index >= 15 is 0 Å². The van der Waals surface area contributed by atoms with Crippen LogP contribution in [0.5, 0.6) is 0 Å². The van der Waals surface area contributed by atoms with Gasteiger partial charge >= 0.3 is 12.0 Å². The molecule has 7 heteroatoms. The van der Waals surface area contributed by atoms with Crippen LogP contribution < -0.4 is 10.2 Å². The zero-order valence-electron chi connectivity index (χ0n) is 10.7. The van der Waals surface area contributed by atoms with Gasteiger partial charge in [-0.3, -0.25) is 4.90 Å². The van der Waals surface area contributed by atoms with Crippen LogP contribution in [0.3, 0.4) is 0 Å². The number of carbonyl (C=O) groups is 2. The SMILES string of the molecule is O=C(O)[C@H](CCO)NC(=O)N1CCc2ccc(F)cc21. The van der Waals surface area contributed by atoms with Crippen LogP contribution in [0.1, 0.15) is 12.0 Å². The fraction of sp³-hybridized carbons (Fsp3) is 0.385. The van der Waals surface area contributed by atoms with E-state index in [1.807, 2.05) is 0 Å². The number of rotatable bonds is 4. The Morgan fingerprint density at radius 1 is 1.45 bits per heavy atom. The second-order valence-corrected chi connectivity index (χ2v) is 4.53. The molecule has 0 spiro atoms. The Balaban J connectivity index is 2.12. The largest absolute Gasteiger partial charge is 0.480 e. The maximum absolute atomic E-state index is 13.2. The summed E-state index contributed by atoms with van der Waals surface area (Å²) in [6.07, 6.45) is 0.520. The number of benzene rings is 1. The minimum atomic E-state index is -1.22. The van der Waals surface area contributed by atoms with E-state index in [1.165, 1.54) is 17.0 Å². The van der Waals surface area contributed by atoms with Gasteiger partial charge in [-0.1, -0.05) is 6.07 Å². The minimum Gasteiger partial charge on any atom is -0.480 e. The average molecular weight is 282 g/mol. The van der Waals surface area contributed by atoms with Crippen molar-refractivity contribution < 1.29 is 24.2 Å². The van der Waals surface area contributed by atoms with Crippen molar-refractivity contribution in [3.63, 3.8) is 0 Å². The van der Waals surface area contributed by atoms with Gasteiger partial charge in [-0.15, -0.1) is 0 Å².